The largest absolute Gasteiger partial charge is 0.355 e. The quantitative estimate of drug-likeness (QED) is 0.602. The molecule has 0 aliphatic carbocycles. The number of hydrogen-bond donors (Lipinski definition) is 2. The van der Waals surface area contributed by atoms with E-state index in [0.717, 1.165) is 55.7 Å². The number of carbonyl (C=O) groups is 1. The van der Waals surface area contributed by atoms with Crippen molar-refractivity contribution < 1.29 is 4.79 Å². The molecule has 8 heteroatoms. The predicted octanol–water partition coefficient (Wildman–Crippen LogP) is 3.08. The number of rotatable bonds is 6. The van der Waals surface area contributed by atoms with Crippen LogP contribution in [0.15, 0.2) is 40.5 Å². The highest BCUT2D eigenvalue weighted by atomic mass is 32.1. The van der Waals surface area contributed by atoms with E-state index in [4.69, 9.17) is 4.98 Å². The number of H-pyrrole nitrogens is 1. The second-order valence-electron chi connectivity index (χ2n) is 8.71. The second kappa shape index (κ2) is 9.42. The third-order valence-electron chi connectivity index (χ3n) is 6.52. The molecule has 2 aliphatic heterocycles. The Bertz CT molecular complexity index is 1140. The van der Waals surface area contributed by atoms with Crippen LogP contribution in [0.5, 0.6) is 0 Å². The third-order valence-corrected chi connectivity index (χ3v) is 7.48. The fourth-order valence-corrected chi connectivity index (χ4v) is 5.67. The number of nitrogens with one attached hydrogen (secondary N) is 2. The number of benzene rings is 1. The van der Waals surface area contributed by atoms with Gasteiger partial charge in [-0.3, -0.25) is 14.6 Å². The van der Waals surface area contributed by atoms with E-state index in [2.05, 4.69) is 20.1 Å². The zero-order valence-electron chi connectivity index (χ0n) is 18.2. The lowest BCUT2D eigenvalue weighted by Gasteiger charge is -2.32. The van der Waals surface area contributed by atoms with E-state index in [1.807, 2.05) is 35.7 Å². The number of thiophene rings is 1. The Balaban J connectivity index is 1.31. The van der Waals surface area contributed by atoms with E-state index in [1.54, 1.807) is 0 Å². The van der Waals surface area contributed by atoms with Crippen LogP contribution < -0.4 is 15.8 Å². The van der Waals surface area contributed by atoms with Gasteiger partial charge in [0.25, 0.3) is 5.56 Å². The first kappa shape index (κ1) is 21.2. The predicted molar refractivity (Wildman–Crippen MR) is 129 cm³/mol. The van der Waals surface area contributed by atoms with Crippen LogP contribution in [-0.4, -0.2) is 60.0 Å². The molecular formula is C24H29N5O2S. The molecule has 2 aromatic heterocycles. The summed E-state index contributed by atoms with van der Waals surface area (Å²) in [7, 11) is 0. The van der Waals surface area contributed by atoms with Crippen molar-refractivity contribution in [1.82, 2.24) is 20.2 Å². The first-order valence-electron chi connectivity index (χ1n) is 11.5. The fourth-order valence-electron chi connectivity index (χ4n) is 4.76. The summed E-state index contributed by atoms with van der Waals surface area (Å²) in [6.07, 6.45) is 4.29. The normalized spacial score (nSPS) is 19.5. The SMILES string of the molecule is O=C(NCCN1CCCC1)[C@H]1CCCN(c2nc3c(-c4ccccc4)csc3c(=O)[nH]2)C1. The van der Waals surface area contributed by atoms with E-state index < -0.39 is 0 Å². The van der Waals surface area contributed by atoms with Gasteiger partial charge in [0.15, 0.2) is 0 Å². The van der Waals surface area contributed by atoms with Gasteiger partial charge in [0.05, 0.1) is 11.4 Å². The molecule has 1 amide bonds. The van der Waals surface area contributed by atoms with Crippen molar-refractivity contribution in [3.05, 3.63) is 46.1 Å². The van der Waals surface area contributed by atoms with Gasteiger partial charge in [-0.1, -0.05) is 30.3 Å². The van der Waals surface area contributed by atoms with Crippen LogP contribution in [-0.2, 0) is 4.79 Å². The highest BCUT2D eigenvalue weighted by molar-refractivity contribution is 7.17. The number of piperidine rings is 1. The lowest BCUT2D eigenvalue weighted by atomic mass is 9.97. The number of hydrogen-bond acceptors (Lipinski definition) is 6. The number of aromatic nitrogens is 2. The van der Waals surface area contributed by atoms with Gasteiger partial charge in [-0.25, -0.2) is 4.98 Å². The van der Waals surface area contributed by atoms with Crippen LogP contribution in [0.4, 0.5) is 5.95 Å². The van der Waals surface area contributed by atoms with Gasteiger partial charge in [0.1, 0.15) is 4.70 Å². The number of nitrogens with zero attached hydrogens (tertiary/aromatic N) is 3. The molecule has 5 rings (SSSR count). The minimum absolute atomic E-state index is 0.0839. The molecule has 2 saturated heterocycles. The molecule has 2 N–H and O–H groups in total. The molecule has 3 aromatic rings. The molecule has 0 spiro atoms. The van der Waals surface area contributed by atoms with Gasteiger partial charge in [0.2, 0.25) is 11.9 Å². The van der Waals surface area contributed by atoms with Crippen LogP contribution in [0.1, 0.15) is 25.7 Å². The monoisotopic (exact) mass is 451 g/mol. The van der Waals surface area contributed by atoms with Crippen LogP contribution >= 0.6 is 11.3 Å². The van der Waals surface area contributed by atoms with Crippen molar-refractivity contribution in [3.8, 4) is 11.1 Å². The second-order valence-corrected chi connectivity index (χ2v) is 9.59. The van der Waals surface area contributed by atoms with E-state index in [-0.39, 0.29) is 17.4 Å². The van der Waals surface area contributed by atoms with Crippen LogP contribution in [0.3, 0.4) is 0 Å². The number of carbonyl (C=O) groups excluding carboxylic acids is 1. The molecule has 7 nitrogen and oxygen atoms in total. The smallest absolute Gasteiger partial charge is 0.270 e. The topological polar surface area (TPSA) is 81.3 Å². The minimum atomic E-state index is -0.116. The lowest BCUT2D eigenvalue weighted by molar-refractivity contribution is -0.125. The molecule has 0 bridgehead atoms. The average Bonchev–Trinajstić information content (AvgIpc) is 3.50. The molecule has 2 aliphatic rings. The van der Waals surface area contributed by atoms with E-state index in [0.29, 0.717) is 23.7 Å². The van der Waals surface area contributed by atoms with E-state index in [9.17, 15) is 9.59 Å². The Morgan fingerprint density at radius 3 is 2.78 bits per heavy atom. The van der Waals surface area contributed by atoms with Crippen molar-refractivity contribution >= 4 is 33.4 Å². The first-order valence-corrected chi connectivity index (χ1v) is 12.4. The van der Waals surface area contributed by atoms with Gasteiger partial charge < -0.3 is 15.1 Å². The van der Waals surface area contributed by atoms with Crippen LogP contribution in [0.2, 0.25) is 0 Å². The van der Waals surface area contributed by atoms with Crippen molar-refractivity contribution in [1.29, 1.82) is 0 Å². The van der Waals surface area contributed by atoms with Crippen molar-refractivity contribution in [2.24, 2.45) is 5.92 Å². The lowest BCUT2D eigenvalue weighted by Crippen LogP contribution is -2.45. The van der Waals surface area contributed by atoms with Crippen LogP contribution in [0.25, 0.3) is 21.3 Å². The first-order chi connectivity index (χ1) is 15.7. The van der Waals surface area contributed by atoms with Crippen molar-refractivity contribution in [3.63, 3.8) is 0 Å². The Morgan fingerprint density at radius 1 is 1.16 bits per heavy atom. The number of fused-ring (bicyclic) bond motifs is 1. The molecule has 2 fully saturated rings. The number of anilines is 1. The van der Waals surface area contributed by atoms with Crippen LogP contribution in [0, 0.1) is 5.92 Å². The molecule has 1 aromatic carbocycles. The number of amides is 1. The maximum absolute atomic E-state index is 12.8. The zero-order chi connectivity index (χ0) is 21.9. The van der Waals surface area contributed by atoms with Crippen molar-refractivity contribution in [2.75, 3.05) is 44.2 Å². The summed E-state index contributed by atoms with van der Waals surface area (Å²) in [4.78, 5) is 37.8. The Morgan fingerprint density at radius 2 is 1.97 bits per heavy atom. The van der Waals surface area contributed by atoms with Crippen molar-refractivity contribution in [2.45, 2.75) is 25.7 Å². The Hall–Kier alpha value is -2.71. The summed E-state index contributed by atoms with van der Waals surface area (Å²) < 4.78 is 0.640. The average molecular weight is 452 g/mol. The van der Waals surface area contributed by atoms with Gasteiger partial charge >= 0.3 is 0 Å². The van der Waals surface area contributed by atoms with E-state index >= 15 is 0 Å². The maximum Gasteiger partial charge on any atom is 0.270 e. The highest BCUT2D eigenvalue weighted by Gasteiger charge is 2.27. The highest BCUT2D eigenvalue weighted by Crippen LogP contribution is 2.32. The summed E-state index contributed by atoms with van der Waals surface area (Å²) in [5.41, 5.74) is 2.65. The molecule has 168 valence electrons. The van der Waals surface area contributed by atoms with Gasteiger partial charge in [0, 0.05) is 37.1 Å². The molecule has 0 radical (unpaired) electrons. The summed E-state index contributed by atoms with van der Waals surface area (Å²) in [5, 5.41) is 5.12. The molecule has 1 atom stereocenters. The summed E-state index contributed by atoms with van der Waals surface area (Å²) in [6.45, 7) is 5.27. The minimum Gasteiger partial charge on any atom is -0.355 e. The molecule has 0 saturated carbocycles. The van der Waals surface area contributed by atoms with Gasteiger partial charge in [-0.15, -0.1) is 11.3 Å². The number of likely N-dealkylation sites (tertiary alicyclic amines) is 1. The molecule has 4 heterocycles. The molecule has 0 unspecified atom stereocenters. The maximum atomic E-state index is 12.8. The molecular weight excluding hydrogens is 422 g/mol. The Kier molecular flexibility index (Phi) is 6.23. The summed E-state index contributed by atoms with van der Waals surface area (Å²) in [6, 6.07) is 10.0. The van der Waals surface area contributed by atoms with Gasteiger partial charge in [-0.2, -0.15) is 0 Å². The van der Waals surface area contributed by atoms with Gasteiger partial charge in [-0.05, 0) is 44.3 Å². The fraction of sp³-hybridized carbons (Fsp3) is 0.458. The summed E-state index contributed by atoms with van der Waals surface area (Å²) >= 11 is 1.42. The standard InChI is InChI=1S/C24H29N5O2S/c30-22(25-10-14-28-11-4-5-12-28)18-9-6-13-29(15-18)24-26-20-19(17-7-2-1-3-8-17)16-32-21(20)23(31)27-24/h1-3,7-8,16,18H,4-6,9-15H2,(H,25,30)(H,26,27,31)/t18-/m0/s1. The number of aromatic amines is 1. The Labute approximate surface area is 191 Å². The van der Waals surface area contributed by atoms with E-state index in [1.165, 1.54) is 24.2 Å². The summed E-state index contributed by atoms with van der Waals surface area (Å²) in [5.74, 6) is 0.588. The third kappa shape index (κ3) is 4.42. The zero-order valence-corrected chi connectivity index (χ0v) is 19.0. The molecule has 32 heavy (non-hydrogen) atoms.